The van der Waals surface area contributed by atoms with Crippen molar-refractivity contribution in [1.82, 2.24) is 9.88 Å². The maximum Gasteiger partial charge on any atom is 0.254 e. The van der Waals surface area contributed by atoms with Crippen LogP contribution >= 0.6 is 0 Å². The van der Waals surface area contributed by atoms with Crippen LogP contribution in [0.4, 0.5) is 5.82 Å². The molecule has 1 aliphatic heterocycles. The molecule has 1 atom stereocenters. The molecule has 1 aromatic rings. The fourth-order valence-electron chi connectivity index (χ4n) is 2.62. The Morgan fingerprint density at radius 2 is 2.33 bits per heavy atom. The van der Waals surface area contributed by atoms with Gasteiger partial charge in [0.1, 0.15) is 5.82 Å². The molecule has 1 unspecified atom stereocenters. The minimum atomic E-state index is 0.0952. The maximum absolute atomic E-state index is 12.5. The van der Waals surface area contributed by atoms with Crippen LogP contribution in [0.2, 0.25) is 0 Å². The number of aromatic nitrogens is 1. The molecule has 0 spiro atoms. The molecule has 2 N–H and O–H groups in total. The molecule has 4 nitrogen and oxygen atoms in total. The summed E-state index contributed by atoms with van der Waals surface area (Å²) in [7, 11) is 0. The summed E-state index contributed by atoms with van der Waals surface area (Å²) in [5.41, 5.74) is 6.30. The van der Waals surface area contributed by atoms with Crippen LogP contribution < -0.4 is 5.73 Å². The summed E-state index contributed by atoms with van der Waals surface area (Å²) < 4.78 is 0. The first-order chi connectivity index (χ1) is 8.72. The molecule has 2 rings (SSSR count). The Kier molecular flexibility index (Phi) is 4.18. The molecular formula is C14H21N3O. The second-order valence-electron chi connectivity index (χ2n) is 4.88. The minimum Gasteiger partial charge on any atom is -0.384 e. The van der Waals surface area contributed by atoms with Crippen LogP contribution in [0.1, 0.15) is 49.4 Å². The van der Waals surface area contributed by atoms with Crippen LogP contribution in [0.3, 0.4) is 0 Å². The Labute approximate surface area is 108 Å². The Balaban J connectivity index is 2.19. The van der Waals surface area contributed by atoms with Gasteiger partial charge in [-0.15, -0.1) is 0 Å². The van der Waals surface area contributed by atoms with Gasteiger partial charge in [0.25, 0.3) is 5.91 Å². The zero-order valence-electron chi connectivity index (χ0n) is 10.9. The monoisotopic (exact) mass is 247 g/mol. The zero-order chi connectivity index (χ0) is 13.0. The van der Waals surface area contributed by atoms with Crippen LogP contribution in [-0.2, 0) is 0 Å². The maximum atomic E-state index is 12.5. The second kappa shape index (κ2) is 5.85. The third-order valence-corrected chi connectivity index (χ3v) is 3.64. The fourth-order valence-corrected chi connectivity index (χ4v) is 2.62. The van der Waals surface area contributed by atoms with Crippen LogP contribution in [0, 0.1) is 0 Å². The van der Waals surface area contributed by atoms with Crippen LogP contribution in [0.25, 0.3) is 0 Å². The molecule has 18 heavy (non-hydrogen) atoms. The number of likely N-dealkylation sites (tertiary alicyclic amines) is 1. The lowest BCUT2D eigenvalue weighted by molar-refractivity contribution is 0.0678. The molecule has 2 heterocycles. The van der Waals surface area contributed by atoms with Crippen molar-refractivity contribution in [3.8, 4) is 0 Å². The lowest BCUT2D eigenvalue weighted by Crippen LogP contribution is -2.39. The lowest BCUT2D eigenvalue weighted by Gasteiger charge is -2.29. The predicted octanol–water partition coefficient (Wildman–Crippen LogP) is 2.46. The van der Waals surface area contributed by atoms with Crippen molar-refractivity contribution >= 4 is 11.7 Å². The molecule has 0 aliphatic carbocycles. The highest BCUT2D eigenvalue weighted by Crippen LogP contribution is 2.21. The summed E-state index contributed by atoms with van der Waals surface area (Å²) >= 11 is 0. The third-order valence-electron chi connectivity index (χ3n) is 3.64. The quantitative estimate of drug-likeness (QED) is 0.873. The van der Waals surface area contributed by atoms with E-state index in [2.05, 4.69) is 11.9 Å². The first-order valence-corrected chi connectivity index (χ1v) is 6.75. The molecule has 4 heteroatoms. The highest BCUT2D eigenvalue weighted by Gasteiger charge is 2.24. The number of nitrogens with two attached hydrogens (primary N) is 1. The molecule has 0 aromatic carbocycles. The van der Waals surface area contributed by atoms with E-state index in [9.17, 15) is 4.79 Å². The van der Waals surface area contributed by atoms with Gasteiger partial charge in [-0.2, -0.15) is 0 Å². The first-order valence-electron chi connectivity index (χ1n) is 6.75. The van der Waals surface area contributed by atoms with Crippen molar-refractivity contribution in [3.63, 3.8) is 0 Å². The van der Waals surface area contributed by atoms with E-state index in [4.69, 9.17) is 5.73 Å². The number of nitrogens with zero attached hydrogens (tertiary/aromatic N) is 2. The van der Waals surface area contributed by atoms with Crippen molar-refractivity contribution in [1.29, 1.82) is 0 Å². The molecule has 0 radical (unpaired) electrons. The predicted molar refractivity (Wildman–Crippen MR) is 72.2 cm³/mol. The van der Waals surface area contributed by atoms with Gasteiger partial charge in [-0.1, -0.05) is 19.8 Å². The summed E-state index contributed by atoms with van der Waals surface area (Å²) in [5.74, 6) is 0.501. The van der Waals surface area contributed by atoms with Crippen molar-refractivity contribution in [2.75, 3.05) is 12.3 Å². The van der Waals surface area contributed by atoms with E-state index in [-0.39, 0.29) is 5.91 Å². The topological polar surface area (TPSA) is 59.2 Å². The molecule has 1 saturated heterocycles. The highest BCUT2D eigenvalue weighted by molar-refractivity contribution is 5.95. The number of carbonyl (C=O) groups is 1. The molecule has 1 aromatic heterocycles. The Morgan fingerprint density at radius 3 is 3.06 bits per heavy atom. The van der Waals surface area contributed by atoms with Crippen molar-refractivity contribution in [3.05, 3.63) is 23.9 Å². The van der Waals surface area contributed by atoms with Gasteiger partial charge < -0.3 is 10.6 Å². The fraction of sp³-hybridized carbons (Fsp3) is 0.571. The Hall–Kier alpha value is -1.58. The Morgan fingerprint density at radius 1 is 1.50 bits per heavy atom. The van der Waals surface area contributed by atoms with Crippen LogP contribution in [0.15, 0.2) is 18.3 Å². The highest BCUT2D eigenvalue weighted by atomic mass is 16.2. The van der Waals surface area contributed by atoms with Gasteiger partial charge in [-0.05, 0) is 31.4 Å². The van der Waals surface area contributed by atoms with Crippen LogP contribution in [-0.4, -0.2) is 28.4 Å². The Bertz CT molecular complexity index is 419. The van der Waals surface area contributed by atoms with E-state index < -0.39 is 0 Å². The van der Waals surface area contributed by atoms with Gasteiger partial charge in [0.15, 0.2) is 0 Å². The minimum absolute atomic E-state index is 0.0952. The smallest absolute Gasteiger partial charge is 0.254 e. The lowest BCUT2D eigenvalue weighted by atomic mass is 10.1. The van der Waals surface area contributed by atoms with Gasteiger partial charge in [0, 0.05) is 24.3 Å². The number of hydrogen-bond donors (Lipinski definition) is 1. The van der Waals surface area contributed by atoms with Gasteiger partial charge in [-0.25, -0.2) is 4.98 Å². The standard InChI is InChI=1S/C14H21N3O/c1-2-12-6-4-3-5-9-17(12)14(18)11-7-8-16-13(15)10-11/h7-8,10,12H,2-6,9H2,1H3,(H2,15,16). The number of carbonyl (C=O) groups excluding carboxylic acids is 1. The molecule has 1 aliphatic rings. The van der Waals surface area contributed by atoms with Gasteiger partial charge >= 0.3 is 0 Å². The van der Waals surface area contributed by atoms with E-state index in [1.54, 1.807) is 18.3 Å². The first kappa shape index (κ1) is 12.9. The molecular weight excluding hydrogens is 226 g/mol. The number of rotatable bonds is 2. The summed E-state index contributed by atoms with van der Waals surface area (Å²) in [4.78, 5) is 18.5. The summed E-state index contributed by atoms with van der Waals surface area (Å²) in [6, 6.07) is 3.78. The molecule has 98 valence electrons. The molecule has 1 amide bonds. The van der Waals surface area contributed by atoms with Crippen molar-refractivity contribution < 1.29 is 4.79 Å². The number of amides is 1. The third kappa shape index (κ3) is 2.81. The van der Waals surface area contributed by atoms with Crippen molar-refractivity contribution in [2.45, 2.75) is 45.1 Å². The second-order valence-corrected chi connectivity index (χ2v) is 4.88. The molecule has 1 fully saturated rings. The molecule has 0 saturated carbocycles. The van der Waals surface area contributed by atoms with E-state index >= 15 is 0 Å². The normalized spacial score (nSPS) is 20.5. The van der Waals surface area contributed by atoms with Crippen molar-refractivity contribution in [2.24, 2.45) is 0 Å². The van der Waals surface area contributed by atoms with Gasteiger partial charge in [-0.3, -0.25) is 4.79 Å². The van der Waals surface area contributed by atoms with Gasteiger partial charge in [0.2, 0.25) is 0 Å². The van der Waals surface area contributed by atoms with E-state index in [1.807, 2.05) is 4.90 Å². The number of hydrogen-bond acceptors (Lipinski definition) is 3. The van der Waals surface area contributed by atoms with E-state index in [0.717, 1.165) is 25.8 Å². The molecule has 0 bridgehead atoms. The number of anilines is 1. The average Bonchev–Trinajstić information content (AvgIpc) is 2.62. The average molecular weight is 247 g/mol. The number of nitrogen functional groups attached to an aromatic ring is 1. The van der Waals surface area contributed by atoms with E-state index in [0.29, 0.717) is 17.4 Å². The summed E-state index contributed by atoms with van der Waals surface area (Å²) in [6.07, 6.45) is 7.28. The van der Waals surface area contributed by atoms with E-state index in [1.165, 1.54) is 12.8 Å². The largest absolute Gasteiger partial charge is 0.384 e. The summed E-state index contributed by atoms with van der Waals surface area (Å²) in [6.45, 7) is 3.01. The van der Waals surface area contributed by atoms with Crippen LogP contribution in [0.5, 0.6) is 0 Å². The zero-order valence-corrected chi connectivity index (χ0v) is 10.9. The SMILES string of the molecule is CCC1CCCCCN1C(=O)c1ccnc(N)c1. The number of pyridine rings is 1. The van der Waals surface area contributed by atoms with Gasteiger partial charge in [0.05, 0.1) is 0 Å². The summed E-state index contributed by atoms with van der Waals surface area (Å²) in [5, 5.41) is 0.